The van der Waals surface area contributed by atoms with Crippen LogP contribution in [0.25, 0.3) is 0 Å². The number of hydrogen-bond acceptors (Lipinski definition) is 5. The van der Waals surface area contributed by atoms with E-state index >= 15 is 0 Å². The summed E-state index contributed by atoms with van der Waals surface area (Å²) in [6.45, 7) is 1.49. The van der Waals surface area contributed by atoms with Gasteiger partial charge in [0.25, 0.3) is 5.88 Å². The van der Waals surface area contributed by atoms with E-state index in [4.69, 9.17) is 0 Å². The number of carbonyl (C=O) groups is 1. The number of aryl methyl sites for hydroxylation is 1. The van der Waals surface area contributed by atoms with Crippen LogP contribution in [0.2, 0.25) is 0 Å². The molecule has 0 N–H and O–H groups in total. The molecule has 0 atom stereocenters. The zero-order valence-electron chi connectivity index (χ0n) is 9.79. The van der Waals surface area contributed by atoms with E-state index in [9.17, 15) is 18.0 Å². The van der Waals surface area contributed by atoms with E-state index in [1.807, 2.05) is 0 Å². The highest BCUT2D eigenvalue weighted by molar-refractivity contribution is 5.93. The van der Waals surface area contributed by atoms with Crippen LogP contribution in [0, 0.1) is 6.92 Å². The molecule has 0 saturated carbocycles. The van der Waals surface area contributed by atoms with Gasteiger partial charge in [-0.25, -0.2) is 9.78 Å². The van der Waals surface area contributed by atoms with Crippen LogP contribution in [0.4, 0.5) is 13.2 Å². The van der Waals surface area contributed by atoms with E-state index in [-0.39, 0.29) is 0 Å². The number of aromatic nitrogens is 1. The van der Waals surface area contributed by atoms with Crippen LogP contribution in [0.3, 0.4) is 0 Å². The Hall–Kier alpha value is -1.99. The number of nitrogens with zero attached hydrogens (tertiary/aromatic N) is 1. The van der Waals surface area contributed by atoms with E-state index < -0.39 is 29.5 Å². The largest absolute Gasteiger partial charge is 0.573 e. The van der Waals surface area contributed by atoms with Crippen molar-refractivity contribution >= 4 is 5.97 Å². The van der Waals surface area contributed by atoms with Crippen molar-refractivity contribution in [3.63, 3.8) is 0 Å². The maximum atomic E-state index is 12.2. The van der Waals surface area contributed by atoms with Crippen molar-refractivity contribution in [2.75, 3.05) is 14.2 Å². The van der Waals surface area contributed by atoms with Crippen molar-refractivity contribution in [1.29, 1.82) is 0 Å². The van der Waals surface area contributed by atoms with Crippen molar-refractivity contribution < 1.29 is 32.2 Å². The van der Waals surface area contributed by atoms with Gasteiger partial charge in [0.05, 0.1) is 14.2 Å². The summed E-state index contributed by atoms with van der Waals surface area (Å²) in [6, 6.07) is 1.12. The molecule has 5 nitrogen and oxygen atoms in total. The van der Waals surface area contributed by atoms with Gasteiger partial charge in [0.1, 0.15) is 5.56 Å². The molecule has 1 rings (SSSR count). The molecular formula is C10H10F3NO4. The smallest absolute Gasteiger partial charge is 0.478 e. The Labute approximate surface area is 100 Å². The molecular weight excluding hydrogens is 255 g/mol. The SMILES string of the molecule is COC(=O)c1cc(C)nc(OC)c1OC(F)(F)F. The molecule has 0 saturated heterocycles. The van der Waals surface area contributed by atoms with Gasteiger partial charge in [-0.15, -0.1) is 13.2 Å². The lowest BCUT2D eigenvalue weighted by Crippen LogP contribution is -2.20. The first kappa shape index (κ1) is 14.1. The molecule has 0 radical (unpaired) electrons. The maximum Gasteiger partial charge on any atom is 0.573 e. The van der Waals surface area contributed by atoms with Gasteiger partial charge < -0.3 is 14.2 Å². The fourth-order valence-electron chi connectivity index (χ4n) is 1.25. The van der Waals surface area contributed by atoms with Crippen LogP contribution in [-0.2, 0) is 4.74 Å². The van der Waals surface area contributed by atoms with Gasteiger partial charge in [-0.1, -0.05) is 0 Å². The highest BCUT2D eigenvalue weighted by Crippen LogP contribution is 2.34. The van der Waals surface area contributed by atoms with Crippen molar-refractivity contribution in [3.05, 3.63) is 17.3 Å². The third-order valence-electron chi connectivity index (χ3n) is 1.89. The Morgan fingerprint density at radius 1 is 1.33 bits per heavy atom. The van der Waals surface area contributed by atoms with Crippen LogP contribution >= 0.6 is 0 Å². The standard InChI is InChI=1S/C10H10F3NO4/c1-5-4-6(9(15)17-3)7(8(14-5)16-2)18-10(11,12)13/h4H,1-3H3. The molecule has 100 valence electrons. The van der Waals surface area contributed by atoms with Crippen LogP contribution in [-0.4, -0.2) is 31.5 Å². The normalized spacial score (nSPS) is 11.0. The Bertz CT molecular complexity index is 459. The summed E-state index contributed by atoms with van der Waals surface area (Å²) in [5.41, 5.74) is -0.110. The number of halogens is 3. The monoisotopic (exact) mass is 265 g/mol. The van der Waals surface area contributed by atoms with Gasteiger partial charge in [-0.3, -0.25) is 0 Å². The average Bonchev–Trinajstić information content (AvgIpc) is 2.28. The minimum absolute atomic E-state index is 0.293. The second-order valence-electron chi connectivity index (χ2n) is 3.19. The molecule has 1 heterocycles. The van der Waals surface area contributed by atoms with E-state index in [1.165, 1.54) is 6.92 Å². The molecule has 8 heteroatoms. The van der Waals surface area contributed by atoms with Gasteiger partial charge in [0.2, 0.25) is 5.75 Å². The lowest BCUT2D eigenvalue weighted by Gasteiger charge is -2.15. The van der Waals surface area contributed by atoms with Gasteiger partial charge in [-0.2, -0.15) is 0 Å². The minimum Gasteiger partial charge on any atom is -0.478 e. The summed E-state index contributed by atoms with van der Waals surface area (Å²) in [7, 11) is 2.16. The van der Waals surface area contributed by atoms with E-state index in [2.05, 4.69) is 19.2 Å². The van der Waals surface area contributed by atoms with Crippen molar-refractivity contribution in [2.45, 2.75) is 13.3 Å². The Balaban J connectivity index is 3.38. The van der Waals surface area contributed by atoms with Crippen LogP contribution in [0.15, 0.2) is 6.07 Å². The van der Waals surface area contributed by atoms with Crippen molar-refractivity contribution in [1.82, 2.24) is 4.98 Å². The van der Waals surface area contributed by atoms with Crippen LogP contribution < -0.4 is 9.47 Å². The molecule has 0 fully saturated rings. The van der Waals surface area contributed by atoms with Gasteiger partial charge in [0, 0.05) is 5.69 Å². The first-order valence-electron chi connectivity index (χ1n) is 4.68. The molecule has 1 aromatic rings. The molecule has 1 aromatic heterocycles. The quantitative estimate of drug-likeness (QED) is 0.783. The molecule has 0 bridgehead atoms. The first-order valence-corrected chi connectivity index (χ1v) is 4.68. The highest BCUT2D eigenvalue weighted by Gasteiger charge is 2.35. The lowest BCUT2D eigenvalue weighted by molar-refractivity contribution is -0.275. The second-order valence-corrected chi connectivity index (χ2v) is 3.19. The number of esters is 1. The number of alkyl halides is 3. The van der Waals surface area contributed by atoms with Crippen molar-refractivity contribution in [2.24, 2.45) is 0 Å². The molecule has 0 spiro atoms. The third kappa shape index (κ3) is 3.25. The molecule has 0 aliphatic rings. The summed E-state index contributed by atoms with van der Waals surface area (Å²) in [6.07, 6.45) is -4.97. The summed E-state index contributed by atoms with van der Waals surface area (Å²) in [5, 5.41) is 0. The zero-order chi connectivity index (χ0) is 13.9. The number of pyridine rings is 1. The Kier molecular flexibility index (Phi) is 4.00. The van der Waals surface area contributed by atoms with Gasteiger partial charge in [-0.05, 0) is 13.0 Å². The number of methoxy groups -OCH3 is 2. The number of rotatable bonds is 3. The molecule has 18 heavy (non-hydrogen) atoms. The summed E-state index contributed by atoms with van der Waals surface area (Å²) >= 11 is 0. The fraction of sp³-hybridized carbons (Fsp3) is 0.400. The number of hydrogen-bond donors (Lipinski definition) is 0. The highest BCUT2D eigenvalue weighted by atomic mass is 19.4. The number of ether oxygens (including phenoxy) is 3. The fourth-order valence-corrected chi connectivity index (χ4v) is 1.25. The van der Waals surface area contributed by atoms with E-state index in [0.29, 0.717) is 5.69 Å². The topological polar surface area (TPSA) is 57.7 Å². The van der Waals surface area contributed by atoms with E-state index in [0.717, 1.165) is 20.3 Å². The van der Waals surface area contributed by atoms with Gasteiger partial charge in [0.15, 0.2) is 0 Å². The summed E-state index contributed by atoms with van der Waals surface area (Å²) in [5.74, 6) is -2.23. The average molecular weight is 265 g/mol. The molecule has 0 aliphatic carbocycles. The molecule has 0 aromatic carbocycles. The predicted molar refractivity (Wildman–Crippen MR) is 53.5 cm³/mol. The van der Waals surface area contributed by atoms with Crippen LogP contribution in [0.5, 0.6) is 11.6 Å². The molecule has 0 unspecified atom stereocenters. The third-order valence-corrected chi connectivity index (χ3v) is 1.89. The Morgan fingerprint density at radius 3 is 2.39 bits per heavy atom. The summed E-state index contributed by atoms with van der Waals surface area (Å²) < 4.78 is 49.5. The van der Waals surface area contributed by atoms with Gasteiger partial charge >= 0.3 is 12.3 Å². The first-order chi connectivity index (χ1) is 8.28. The van der Waals surface area contributed by atoms with E-state index in [1.54, 1.807) is 0 Å². The summed E-state index contributed by atoms with van der Waals surface area (Å²) in [4.78, 5) is 15.1. The molecule has 0 aliphatic heterocycles. The zero-order valence-corrected chi connectivity index (χ0v) is 9.79. The second kappa shape index (κ2) is 5.11. The lowest BCUT2D eigenvalue weighted by atomic mass is 10.2. The number of carbonyl (C=O) groups excluding carboxylic acids is 1. The minimum atomic E-state index is -4.97. The van der Waals surface area contributed by atoms with Crippen LogP contribution in [0.1, 0.15) is 16.1 Å². The maximum absolute atomic E-state index is 12.2. The Morgan fingerprint density at radius 2 is 1.94 bits per heavy atom. The predicted octanol–water partition coefficient (Wildman–Crippen LogP) is 2.08. The van der Waals surface area contributed by atoms with Crippen molar-refractivity contribution in [3.8, 4) is 11.6 Å². The molecule has 0 amide bonds.